The smallest absolute Gasteiger partial charge is 0.490 e. The molecule has 6 rings (SSSR count). The van der Waals surface area contributed by atoms with Gasteiger partial charge in [-0.1, -0.05) is 23.4 Å². The first kappa shape index (κ1) is 50.4. The van der Waals surface area contributed by atoms with Crippen molar-refractivity contribution in [1.82, 2.24) is 34.6 Å². The van der Waals surface area contributed by atoms with E-state index in [9.17, 15) is 41.0 Å². The lowest BCUT2D eigenvalue weighted by atomic mass is 10.0. The van der Waals surface area contributed by atoms with Crippen LogP contribution in [0.25, 0.3) is 11.0 Å². The summed E-state index contributed by atoms with van der Waals surface area (Å²) in [4.78, 5) is 60.4. The molecule has 0 saturated carbocycles. The lowest BCUT2D eigenvalue weighted by Gasteiger charge is -2.35. The topological polar surface area (TPSA) is 268 Å². The highest BCUT2D eigenvalue weighted by molar-refractivity contribution is 6.31. The molecule has 3 aromatic heterocycles. The number of imidazole rings is 1. The van der Waals surface area contributed by atoms with Crippen LogP contribution >= 0.6 is 11.6 Å². The molecular formula is C38H45ClF6N10O9. The fourth-order valence-corrected chi connectivity index (χ4v) is 6.69. The lowest BCUT2D eigenvalue weighted by molar-refractivity contribution is -0.687. The number of alkyl halides is 6. The maximum Gasteiger partial charge on any atom is 0.490 e. The van der Waals surface area contributed by atoms with Crippen LogP contribution in [0.2, 0.25) is 5.15 Å². The Morgan fingerprint density at radius 3 is 2.14 bits per heavy atom. The van der Waals surface area contributed by atoms with E-state index >= 15 is 0 Å². The van der Waals surface area contributed by atoms with Crippen molar-refractivity contribution in [1.29, 1.82) is 0 Å². The van der Waals surface area contributed by atoms with Gasteiger partial charge in [-0.3, -0.25) is 19.5 Å². The van der Waals surface area contributed by atoms with Crippen molar-refractivity contribution in [3.8, 4) is 11.5 Å². The van der Waals surface area contributed by atoms with E-state index < -0.39 is 30.2 Å². The Morgan fingerprint density at radius 1 is 0.953 bits per heavy atom. The van der Waals surface area contributed by atoms with Crippen LogP contribution in [-0.4, -0.2) is 122 Å². The number of benzene rings is 1. The van der Waals surface area contributed by atoms with Gasteiger partial charge in [0.25, 0.3) is 17.6 Å². The van der Waals surface area contributed by atoms with Crippen LogP contribution in [0.15, 0.2) is 30.3 Å². The van der Waals surface area contributed by atoms with Crippen molar-refractivity contribution in [2.24, 2.45) is 5.92 Å². The number of aromatic nitrogens is 5. The standard InChI is InChI=1S/C34H43ClN10O5.2C2HF3O2/c1-3-44-26-16-23(50-20-29(47)43-12-10-42(11-13-43)19-24-27(46)7-4-21(2)39-24)5-6-25(26)45(18-22-8-14-49-15-9-22)28(44)17-38-34(48)30-32(36)41-33(37)31(35)40-30;2*3-2(4,5)1(6)7/h4-7,16,22H,3,8-15,17-20H2,1-2H3,(H5-,36,37,38,41,46,48);2*(H,6,7). The van der Waals surface area contributed by atoms with E-state index in [1.807, 2.05) is 32.0 Å². The first-order valence-electron chi connectivity index (χ1n) is 19.4. The first-order valence-corrected chi connectivity index (χ1v) is 19.7. The number of amides is 2. The summed E-state index contributed by atoms with van der Waals surface area (Å²) in [6.07, 6.45) is -8.29. The Labute approximate surface area is 365 Å². The number of nitrogen functional groups attached to an aromatic ring is 2. The van der Waals surface area contributed by atoms with Gasteiger partial charge in [0, 0.05) is 69.3 Å². The summed E-state index contributed by atoms with van der Waals surface area (Å²) in [6, 6.07) is 9.09. The van der Waals surface area contributed by atoms with Crippen molar-refractivity contribution in [3.63, 3.8) is 0 Å². The number of hydrogen-bond acceptors (Lipinski definition) is 13. The number of piperazine rings is 1. The molecule has 350 valence electrons. The molecule has 7 N–H and O–H groups in total. The van der Waals surface area contributed by atoms with Crippen molar-refractivity contribution in [2.75, 3.05) is 57.5 Å². The Morgan fingerprint density at radius 2 is 1.56 bits per heavy atom. The molecule has 2 fully saturated rings. The number of hydrogen-bond donors (Lipinski definition) is 5. The third-order valence-corrected chi connectivity index (χ3v) is 10.1. The number of carboxylic acid groups (broad SMARTS) is 2. The molecule has 0 unspecified atom stereocenters. The van der Waals surface area contributed by atoms with Gasteiger partial charge in [0.05, 0.1) is 13.1 Å². The van der Waals surface area contributed by atoms with Crippen LogP contribution < -0.4 is 31.2 Å². The monoisotopic (exact) mass is 934 g/mol. The van der Waals surface area contributed by atoms with Crippen molar-refractivity contribution in [2.45, 2.75) is 65.2 Å². The third-order valence-electron chi connectivity index (χ3n) is 9.79. The Bertz CT molecular complexity index is 2280. The first-order chi connectivity index (χ1) is 30.0. The quantitative estimate of drug-likeness (QED) is 0.107. The normalized spacial score (nSPS) is 14.8. The number of carbonyl (C=O) groups is 4. The molecule has 64 heavy (non-hydrogen) atoms. The highest BCUT2D eigenvalue weighted by Crippen LogP contribution is 2.25. The summed E-state index contributed by atoms with van der Waals surface area (Å²) in [7, 11) is 0. The minimum absolute atomic E-state index is 0.0464. The van der Waals surface area contributed by atoms with E-state index in [2.05, 4.69) is 34.3 Å². The zero-order chi connectivity index (χ0) is 47.5. The molecule has 2 saturated heterocycles. The number of rotatable bonds is 11. The second-order valence-electron chi connectivity index (χ2n) is 14.2. The summed E-state index contributed by atoms with van der Waals surface area (Å²) in [5.74, 6) is -4.50. The number of fused-ring (bicyclic) bond motifs is 1. The van der Waals surface area contributed by atoms with Crippen LogP contribution in [0.3, 0.4) is 0 Å². The molecule has 2 aliphatic rings. The van der Waals surface area contributed by atoms with Gasteiger partial charge in [0.1, 0.15) is 12.3 Å². The van der Waals surface area contributed by atoms with Gasteiger partial charge < -0.3 is 46.5 Å². The van der Waals surface area contributed by atoms with Gasteiger partial charge in [0.15, 0.2) is 40.1 Å². The molecule has 4 aromatic rings. The summed E-state index contributed by atoms with van der Waals surface area (Å²) >= 11 is 6.03. The Kier molecular flexibility index (Phi) is 17.3. The second kappa shape index (κ2) is 21.9. The maximum atomic E-state index is 13.2. The number of aryl methyl sites for hydroxylation is 2. The predicted molar refractivity (Wildman–Crippen MR) is 212 cm³/mol. The lowest BCUT2D eigenvalue weighted by Crippen LogP contribution is -2.49. The van der Waals surface area contributed by atoms with Crippen LogP contribution in [0.5, 0.6) is 11.5 Å². The van der Waals surface area contributed by atoms with Crippen LogP contribution in [-0.2, 0) is 45.3 Å². The van der Waals surface area contributed by atoms with Gasteiger partial charge in [-0.05, 0) is 44.9 Å². The number of halogens is 7. The van der Waals surface area contributed by atoms with E-state index in [4.69, 9.17) is 52.3 Å². The molecule has 19 nitrogen and oxygen atoms in total. The Balaban J connectivity index is 0.000000555. The SMILES string of the molecule is CCn1c(CNC(=O)c2nc(Cl)c(N)nc2N)[n+](CC2CCOCC2)c2ccc(OCC(=O)N3CCN(Cc4nc(C)ccc4[O-])CC3)cc21.O=C(O)C(F)(F)F.O=C(O)C(F)(F)F. The van der Waals surface area contributed by atoms with E-state index in [1.54, 1.807) is 17.0 Å². The van der Waals surface area contributed by atoms with Crippen molar-refractivity contribution in [3.05, 3.63) is 58.4 Å². The summed E-state index contributed by atoms with van der Waals surface area (Å²) < 4.78 is 79.5. The van der Waals surface area contributed by atoms with Crippen LogP contribution in [0, 0.1) is 12.8 Å². The highest BCUT2D eigenvalue weighted by Gasteiger charge is 2.39. The molecule has 26 heteroatoms. The summed E-state index contributed by atoms with van der Waals surface area (Å²) in [5, 5.41) is 29.3. The average molecular weight is 935 g/mol. The zero-order valence-electron chi connectivity index (χ0n) is 34.3. The van der Waals surface area contributed by atoms with Crippen molar-refractivity contribution < 1.29 is 74.9 Å². The van der Waals surface area contributed by atoms with Gasteiger partial charge in [0.2, 0.25) is 0 Å². The second-order valence-corrected chi connectivity index (χ2v) is 14.6. The largest absolute Gasteiger partial charge is 0.871 e. The predicted octanol–water partition coefficient (Wildman–Crippen LogP) is 2.68. The number of nitrogens with zero attached hydrogens (tertiary/aromatic N) is 7. The van der Waals surface area contributed by atoms with Gasteiger partial charge in [-0.2, -0.15) is 26.3 Å². The molecule has 1 aromatic carbocycles. The van der Waals surface area contributed by atoms with Gasteiger partial charge in [-0.25, -0.2) is 28.7 Å². The number of nitrogens with two attached hydrogens (primary N) is 2. The fourth-order valence-electron chi connectivity index (χ4n) is 6.56. The average Bonchev–Trinajstić information content (AvgIpc) is 3.52. The van der Waals surface area contributed by atoms with Gasteiger partial charge >= 0.3 is 24.3 Å². The molecule has 0 radical (unpaired) electrons. The molecule has 2 amide bonds. The molecular weight excluding hydrogens is 890 g/mol. The molecule has 5 heterocycles. The maximum absolute atomic E-state index is 13.2. The van der Waals surface area contributed by atoms with Crippen LogP contribution in [0.4, 0.5) is 38.0 Å². The molecule has 0 bridgehead atoms. The third kappa shape index (κ3) is 13.9. The van der Waals surface area contributed by atoms with E-state index in [1.165, 1.54) is 0 Å². The molecule has 0 spiro atoms. The van der Waals surface area contributed by atoms with E-state index in [0.717, 1.165) is 41.9 Å². The summed E-state index contributed by atoms with van der Waals surface area (Å²) in [5.41, 5.74) is 14.8. The number of carbonyl (C=O) groups excluding carboxylic acids is 2. The number of aliphatic carboxylic acids is 2. The molecule has 0 aliphatic carbocycles. The number of nitrogens with one attached hydrogen (secondary N) is 1. The molecule has 2 aliphatic heterocycles. The summed E-state index contributed by atoms with van der Waals surface area (Å²) in [6.45, 7) is 9.63. The van der Waals surface area contributed by atoms with Gasteiger partial charge in [-0.15, -0.1) is 0 Å². The minimum Gasteiger partial charge on any atom is -0.871 e. The Hall–Kier alpha value is -6.21. The number of ether oxygens (including phenoxy) is 2. The van der Waals surface area contributed by atoms with Crippen LogP contribution in [0.1, 0.15) is 47.5 Å². The highest BCUT2D eigenvalue weighted by atomic mass is 35.5. The fraction of sp³-hybridized carbons (Fsp3) is 0.474. The van der Waals surface area contributed by atoms with Crippen molar-refractivity contribution >= 4 is 58.0 Å². The number of carboxylic acids is 2. The number of pyridine rings is 1. The van der Waals surface area contributed by atoms with E-state index in [-0.39, 0.29) is 47.3 Å². The molecule has 0 atom stereocenters. The number of anilines is 2. The minimum atomic E-state index is -5.08. The van der Waals surface area contributed by atoms with E-state index in [0.29, 0.717) is 69.8 Å². The zero-order valence-corrected chi connectivity index (χ0v) is 35.1.